The quantitative estimate of drug-likeness (QED) is 0.439. The van der Waals surface area contributed by atoms with Crippen molar-refractivity contribution in [2.45, 2.75) is 51.8 Å². The fourth-order valence-corrected chi connectivity index (χ4v) is 4.38. The van der Waals surface area contributed by atoms with Crippen LogP contribution in [0.5, 0.6) is 0 Å². The van der Waals surface area contributed by atoms with E-state index in [1.54, 1.807) is 33.8 Å². The SMILES string of the molecule is CC(C)(C)OC(=O)NC1=NC(C)(c2cc(CC(=O)c3ccc(Cl)cn3)ccc2F)Cn2c1nc(Cl)c2C#N. The molecule has 1 N–H and O–H groups in total. The van der Waals surface area contributed by atoms with Gasteiger partial charge in [0.2, 0.25) is 0 Å². The average molecular weight is 557 g/mol. The molecule has 0 saturated carbocycles. The normalized spacial score (nSPS) is 16.7. The van der Waals surface area contributed by atoms with Crippen LogP contribution >= 0.6 is 23.2 Å². The molecule has 0 saturated heterocycles. The maximum Gasteiger partial charge on any atom is 0.413 e. The zero-order chi connectivity index (χ0) is 27.8. The monoisotopic (exact) mass is 556 g/mol. The number of pyridine rings is 1. The molecule has 1 unspecified atom stereocenters. The number of aliphatic imine (C=N–C) groups is 1. The first-order chi connectivity index (χ1) is 17.8. The zero-order valence-electron chi connectivity index (χ0n) is 21.0. The largest absolute Gasteiger partial charge is 0.444 e. The Morgan fingerprint density at radius 3 is 2.63 bits per heavy atom. The molecule has 0 radical (unpaired) electrons. The summed E-state index contributed by atoms with van der Waals surface area (Å²) in [6.45, 7) is 6.75. The first-order valence-electron chi connectivity index (χ1n) is 11.5. The molecule has 1 atom stereocenters. The number of hydrogen-bond acceptors (Lipinski definition) is 7. The third kappa shape index (κ3) is 5.69. The number of aromatic nitrogens is 3. The Balaban J connectivity index is 1.74. The maximum absolute atomic E-state index is 15.3. The number of alkyl carbamates (subject to hydrolysis) is 1. The molecule has 2 aromatic heterocycles. The van der Waals surface area contributed by atoms with Gasteiger partial charge < -0.3 is 9.30 Å². The van der Waals surface area contributed by atoms with E-state index in [9.17, 15) is 14.9 Å². The standard InChI is InChI=1S/C26H23Cl2FN6O3/c1-25(2,3)38-24(37)33-22-23-32-21(28)19(11-30)35(23)13-26(4,34-22)16-9-14(5-7-17(16)29)10-20(36)18-8-6-15(27)12-31-18/h5-9,12H,10,13H2,1-4H3,(H,33,34,37). The Kier molecular flexibility index (Phi) is 7.28. The molecule has 0 fully saturated rings. The first kappa shape index (κ1) is 27.2. The lowest BCUT2D eigenvalue weighted by Crippen LogP contribution is -2.44. The topological polar surface area (TPSA) is 122 Å². The summed E-state index contributed by atoms with van der Waals surface area (Å²) >= 11 is 12.0. The Labute approximate surface area is 228 Å². The van der Waals surface area contributed by atoms with Crippen LogP contribution < -0.4 is 5.32 Å². The highest BCUT2D eigenvalue weighted by Gasteiger charge is 2.39. The first-order valence-corrected chi connectivity index (χ1v) is 12.3. The van der Waals surface area contributed by atoms with Crippen LogP contribution in [-0.2, 0) is 23.2 Å². The second kappa shape index (κ2) is 10.2. The number of carbonyl (C=O) groups is 2. The molecule has 1 aliphatic rings. The Hall–Kier alpha value is -3.81. The van der Waals surface area contributed by atoms with E-state index in [-0.39, 0.29) is 52.5 Å². The smallest absolute Gasteiger partial charge is 0.413 e. The third-order valence-electron chi connectivity index (χ3n) is 5.68. The Morgan fingerprint density at radius 1 is 1.26 bits per heavy atom. The van der Waals surface area contributed by atoms with Crippen LogP contribution in [0.25, 0.3) is 0 Å². The number of imidazole rings is 1. The summed E-state index contributed by atoms with van der Waals surface area (Å²) in [5.41, 5.74) is -1.17. The maximum atomic E-state index is 15.3. The van der Waals surface area contributed by atoms with Gasteiger partial charge in [0.15, 0.2) is 28.3 Å². The number of nitrogens with one attached hydrogen (secondary N) is 1. The van der Waals surface area contributed by atoms with Crippen molar-refractivity contribution < 1.29 is 18.7 Å². The number of amidine groups is 1. The fourth-order valence-electron chi connectivity index (χ4n) is 4.05. The third-order valence-corrected chi connectivity index (χ3v) is 6.16. The minimum atomic E-state index is -1.31. The van der Waals surface area contributed by atoms with Crippen LogP contribution in [0, 0.1) is 17.1 Å². The summed E-state index contributed by atoms with van der Waals surface area (Å²) in [4.78, 5) is 38.2. The Morgan fingerprint density at radius 2 is 2.00 bits per heavy atom. The van der Waals surface area contributed by atoms with Crippen molar-refractivity contribution in [1.29, 1.82) is 5.26 Å². The van der Waals surface area contributed by atoms with E-state index >= 15 is 4.39 Å². The van der Waals surface area contributed by atoms with Gasteiger partial charge in [0, 0.05) is 18.2 Å². The number of ketones is 1. The summed E-state index contributed by atoms with van der Waals surface area (Å²) in [7, 11) is 0. The highest BCUT2D eigenvalue weighted by Crippen LogP contribution is 2.36. The Bertz CT molecular complexity index is 1500. The lowest BCUT2D eigenvalue weighted by atomic mass is 9.88. The van der Waals surface area contributed by atoms with Gasteiger partial charge in [-0.2, -0.15) is 5.26 Å². The summed E-state index contributed by atoms with van der Waals surface area (Å²) in [5.74, 6) is -0.765. The van der Waals surface area contributed by atoms with Crippen molar-refractivity contribution in [1.82, 2.24) is 19.9 Å². The molecule has 1 aliphatic heterocycles. The molecule has 3 heterocycles. The van der Waals surface area contributed by atoms with Gasteiger partial charge in [-0.25, -0.2) is 14.2 Å². The molecule has 38 heavy (non-hydrogen) atoms. The molecule has 12 heteroatoms. The van der Waals surface area contributed by atoms with Crippen molar-refractivity contribution in [3.05, 3.63) is 80.9 Å². The summed E-state index contributed by atoms with van der Waals surface area (Å²) in [5, 5.41) is 12.6. The summed E-state index contributed by atoms with van der Waals surface area (Å²) in [6.07, 6.45) is 0.527. The molecular weight excluding hydrogens is 534 g/mol. The zero-order valence-corrected chi connectivity index (χ0v) is 22.5. The molecule has 0 bridgehead atoms. The molecule has 1 aromatic carbocycles. The van der Waals surface area contributed by atoms with Crippen LogP contribution in [0.1, 0.15) is 60.8 Å². The van der Waals surface area contributed by atoms with Gasteiger partial charge in [-0.3, -0.25) is 20.1 Å². The number of halogens is 3. The molecule has 1 amide bonds. The number of amides is 1. The number of carbonyl (C=O) groups excluding carboxylic acids is 2. The van der Waals surface area contributed by atoms with Crippen LogP contribution in [0.15, 0.2) is 41.5 Å². The van der Waals surface area contributed by atoms with Crippen LogP contribution in [0.4, 0.5) is 9.18 Å². The number of rotatable bonds is 4. The highest BCUT2D eigenvalue weighted by atomic mass is 35.5. The molecule has 3 aromatic rings. The number of nitrogens with zero attached hydrogens (tertiary/aromatic N) is 5. The molecule has 0 spiro atoms. The van der Waals surface area contributed by atoms with Gasteiger partial charge in [0.1, 0.15) is 28.7 Å². The second-order valence-corrected chi connectivity index (χ2v) is 10.7. The number of hydrogen-bond donors (Lipinski definition) is 1. The number of benzene rings is 1. The highest BCUT2D eigenvalue weighted by molar-refractivity contribution is 6.31. The molecule has 0 aliphatic carbocycles. The van der Waals surface area contributed by atoms with E-state index < -0.39 is 23.1 Å². The van der Waals surface area contributed by atoms with E-state index in [4.69, 9.17) is 27.9 Å². The fraction of sp³-hybridized carbons (Fsp3) is 0.308. The number of fused-ring (bicyclic) bond motifs is 1. The van der Waals surface area contributed by atoms with Gasteiger partial charge >= 0.3 is 6.09 Å². The lowest BCUT2D eigenvalue weighted by Gasteiger charge is -2.33. The van der Waals surface area contributed by atoms with Gasteiger partial charge in [-0.15, -0.1) is 0 Å². The molecule has 9 nitrogen and oxygen atoms in total. The second-order valence-electron chi connectivity index (χ2n) is 9.91. The van der Waals surface area contributed by atoms with Crippen LogP contribution in [0.3, 0.4) is 0 Å². The summed E-state index contributed by atoms with van der Waals surface area (Å²) in [6, 6.07) is 9.36. The van der Waals surface area contributed by atoms with Crippen molar-refractivity contribution in [2.24, 2.45) is 4.99 Å². The van der Waals surface area contributed by atoms with E-state index in [1.807, 2.05) is 6.07 Å². The van der Waals surface area contributed by atoms with Crippen molar-refractivity contribution in [3.8, 4) is 6.07 Å². The van der Waals surface area contributed by atoms with Gasteiger partial charge in [0.25, 0.3) is 0 Å². The van der Waals surface area contributed by atoms with Gasteiger partial charge in [0.05, 0.1) is 11.6 Å². The van der Waals surface area contributed by atoms with Gasteiger partial charge in [-0.1, -0.05) is 29.3 Å². The van der Waals surface area contributed by atoms with Crippen molar-refractivity contribution >= 4 is 40.9 Å². The lowest BCUT2D eigenvalue weighted by molar-refractivity contribution is 0.0562. The molecule has 4 rings (SSSR count). The number of nitriles is 1. The minimum Gasteiger partial charge on any atom is -0.444 e. The van der Waals surface area contributed by atoms with E-state index in [2.05, 4.69) is 20.3 Å². The predicted octanol–water partition coefficient (Wildman–Crippen LogP) is 5.22. The average Bonchev–Trinajstić information content (AvgIpc) is 3.14. The van der Waals surface area contributed by atoms with Crippen LogP contribution in [0.2, 0.25) is 10.2 Å². The van der Waals surface area contributed by atoms with Crippen molar-refractivity contribution in [3.63, 3.8) is 0 Å². The summed E-state index contributed by atoms with van der Waals surface area (Å²) < 4.78 is 22.1. The van der Waals surface area contributed by atoms with Crippen molar-refractivity contribution in [2.75, 3.05) is 0 Å². The molecular formula is C26H23Cl2FN6O3. The minimum absolute atomic E-state index is 0.00248. The van der Waals surface area contributed by atoms with Gasteiger partial charge in [-0.05, 0) is 57.5 Å². The molecule has 196 valence electrons. The van der Waals surface area contributed by atoms with E-state index in [0.29, 0.717) is 10.6 Å². The van der Waals surface area contributed by atoms with E-state index in [0.717, 1.165) is 0 Å². The predicted molar refractivity (Wildman–Crippen MR) is 139 cm³/mol. The van der Waals surface area contributed by atoms with E-state index in [1.165, 1.54) is 35.0 Å². The number of Topliss-reactive ketones (excluding diaryl/α,β-unsaturated/α-hetero) is 1. The van der Waals surface area contributed by atoms with Crippen LogP contribution in [-0.4, -0.2) is 37.8 Å². The number of ether oxygens (including phenoxy) is 1.